The summed E-state index contributed by atoms with van der Waals surface area (Å²) in [6.07, 6.45) is 15.7. The number of hydrogen-bond acceptors (Lipinski definition) is 4. The first kappa shape index (κ1) is 25.6. The Morgan fingerprint density at radius 2 is 1.78 bits per heavy atom. The van der Waals surface area contributed by atoms with Gasteiger partial charge in [-0.05, 0) is 51.4 Å². The summed E-state index contributed by atoms with van der Waals surface area (Å²) in [5, 5.41) is 2.62. The maximum Gasteiger partial charge on any atom is 0.251 e. The average Bonchev–Trinajstić information content (AvgIpc) is 2.74. The van der Waals surface area contributed by atoms with E-state index in [0.29, 0.717) is 23.5 Å². The Kier molecular flexibility index (Phi) is 9.89. The monoisotopic (exact) mass is 439 g/mol. The van der Waals surface area contributed by atoms with Crippen molar-refractivity contribution in [3.8, 4) is 0 Å². The molecule has 1 N–H and O–H groups in total. The zero-order chi connectivity index (χ0) is 23.7. The largest absolute Gasteiger partial charge is 0.492 e. The molecule has 0 aromatic rings. The number of allylic oxidation sites excluding steroid dienone is 7. The molecule has 5 heteroatoms. The maximum absolute atomic E-state index is 13.1. The van der Waals surface area contributed by atoms with E-state index < -0.39 is 5.91 Å². The molecule has 0 saturated carbocycles. The molecule has 0 fully saturated rings. The van der Waals surface area contributed by atoms with Crippen LogP contribution in [0.2, 0.25) is 0 Å². The Balaban J connectivity index is 2.28. The van der Waals surface area contributed by atoms with Crippen molar-refractivity contribution in [1.29, 1.82) is 0 Å². The van der Waals surface area contributed by atoms with E-state index >= 15 is 0 Å². The molecular formula is C27H37NO4. The molecule has 0 radical (unpaired) electrons. The van der Waals surface area contributed by atoms with E-state index in [1.54, 1.807) is 13.0 Å². The third kappa shape index (κ3) is 7.47. The average molecular weight is 440 g/mol. The molecule has 2 aliphatic rings. The minimum atomic E-state index is -0.394. The van der Waals surface area contributed by atoms with E-state index in [-0.39, 0.29) is 28.9 Å². The van der Waals surface area contributed by atoms with Crippen molar-refractivity contribution in [3.05, 3.63) is 58.6 Å². The van der Waals surface area contributed by atoms with Crippen molar-refractivity contribution < 1.29 is 19.1 Å². The third-order valence-corrected chi connectivity index (χ3v) is 6.11. The molecule has 0 spiro atoms. The van der Waals surface area contributed by atoms with Crippen molar-refractivity contribution >= 4 is 17.5 Å². The van der Waals surface area contributed by atoms with Crippen LogP contribution in [0.5, 0.6) is 0 Å². The smallest absolute Gasteiger partial charge is 0.251 e. The predicted molar refractivity (Wildman–Crippen MR) is 128 cm³/mol. The number of rotatable bonds is 1. The van der Waals surface area contributed by atoms with E-state index in [2.05, 4.69) is 32.2 Å². The summed E-state index contributed by atoms with van der Waals surface area (Å²) in [4.78, 5) is 38.2. The molecule has 1 aliphatic carbocycles. The normalized spacial score (nSPS) is 29.2. The number of ketones is 2. The fourth-order valence-electron chi connectivity index (χ4n) is 3.98. The van der Waals surface area contributed by atoms with Crippen molar-refractivity contribution in [2.45, 2.75) is 72.6 Å². The van der Waals surface area contributed by atoms with Crippen molar-refractivity contribution in [1.82, 2.24) is 5.32 Å². The summed E-state index contributed by atoms with van der Waals surface area (Å²) in [7, 11) is 1.41. The third-order valence-electron chi connectivity index (χ3n) is 6.11. The van der Waals surface area contributed by atoms with Gasteiger partial charge in [-0.1, -0.05) is 63.0 Å². The van der Waals surface area contributed by atoms with Crippen molar-refractivity contribution in [2.24, 2.45) is 11.8 Å². The molecule has 0 saturated heterocycles. The molecular weight excluding hydrogens is 402 g/mol. The molecule has 32 heavy (non-hydrogen) atoms. The van der Waals surface area contributed by atoms with Gasteiger partial charge in [0, 0.05) is 17.2 Å². The quantitative estimate of drug-likeness (QED) is 0.432. The van der Waals surface area contributed by atoms with Crippen LogP contribution in [0.3, 0.4) is 0 Å². The summed E-state index contributed by atoms with van der Waals surface area (Å²) in [6, 6.07) is 0. The van der Waals surface area contributed by atoms with Crippen LogP contribution in [0.25, 0.3) is 0 Å². The molecule has 2 bridgehead atoms. The lowest BCUT2D eigenvalue weighted by Gasteiger charge is -2.21. The fourth-order valence-corrected chi connectivity index (χ4v) is 3.98. The van der Waals surface area contributed by atoms with Gasteiger partial charge in [0.2, 0.25) is 11.6 Å². The van der Waals surface area contributed by atoms with Gasteiger partial charge in [0.1, 0.15) is 0 Å². The number of hydrogen-bond donors (Lipinski definition) is 1. The summed E-state index contributed by atoms with van der Waals surface area (Å²) in [5.41, 5.74) is 2.23. The standard InChI is InChI=1S/C27H37NO4/c1-18-10-7-6-8-13-21(4)27(31)28-23-17-24(29)26(32-5)22(25(23)30)16-20(3)12-9-11-19(2)15-14-18/h6,8,13-14,17,19-20H,7,9-12,15-16H2,1-5H3,(H,28,31)/b8-6-,18-14+,21-13+. The van der Waals surface area contributed by atoms with Gasteiger partial charge in [-0.15, -0.1) is 0 Å². The van der Waals surface area contributed by atoms with E-state index in [0.717, 1.165) is 38.5 Å². The molecule has 0 aromatic carbocycles. The molecule has 2 rings (SSSR count). The molecule has 5 nitrogen and oxygen atoms in total. The van der Waals surface area contributed by atoms with Crippen LogP contribution in [0.4, 0.5) is 0 Å². The van der Waals surface area contributed by atoms with E-state index in [4.69, 9.17) is 4.74 Å². The highest BCUT2D eigenvalue weighted by atomic mass is 16.5. The zero-order valence-electron chi connectivity index (χ0n) is 20.1. The second kappa shape index (κ2) is 12.4. The predicted octanol–water partition coefficient (Wildman–Crippen LogP) is 5.50. The van der Waals surface area contributed by atoms with Gasteiger partial charge in [0.25, 0.3) is 5.91 Å². The van der Waals surface area contributed by atoms with Crippen LogP contribution in [0.15, 0.2) is 58.6 Å². The first-order valence-electron chi connectivity index (χ1n) is 11.6. The summed E-state index contributed by atoms with van der Waals surface area (Å²) < 4.78 is 5.27. The van der Waals surface area contributed by atoms with Gasteiger partial charge in [-0.2, -0.15) is 0 Å². The Morgan fingerprint density at radius 3 is 2.50 bits per heavy atom. The van der Waals surface area contributed by atoms with Gasteiger partial charge < -0.3 is 10.1 Å². The Labute approximate surface area is 192 Å². The fraction of sp³-hybridized carbons (Fsp3) is 0.519. The highest BCUT2D eigenvalue weighted by Gasteiger charge is 2.31. The van der Waals surface area contributed by atoms with Crippen LogP contribution in [-0.2, 0) is 19.1 Å². The first-order valence-corrected chi connectivity index (χ1v) is 11.6. The lowest BCUT2D eigenvalue weighted by Crippen LogP contribution is -2.33. The number of methoxy groups -OCH3 is 1. The number of ether oxygens (including phenoxy) is 1. The first-order chi connectivity index (χ1) is 15.2. The van der Waals surface area contributed by atoms with Gasteiger partial charge in [0.15, 0.2) is 5.76 Å². The van der Waals surface area contributed by atoms with Crippen LogP contribution >= 0.6 is 0 Å². The number of carbonyl (C=O) groups excluding carboxylic acids is 3. The van der Waals surface area contributed by atoms with E-state index in [1.807, 2.05) is 12.2 Å². The van der Waals surface area contributed by atoms with Crippen molar-refractivity contribution in [3.63, 3.8) is 0 Å². The number of amides is 1. The van der Waals surface area contributed by atoms with E-state index in [9.17, 15) is 14.4 Å². The lowest BCUT2D eigenvalue weighted by molar-refractivity contribution is -0.120. The SMILES string of the molecule is COC1=C2CC(C)CCCC(C)C/C=C(\C)CC/C=C\C=C(/C)C(=O)NC(=CC1=O)C2=O. The topological polar surface area (TPSA) is 72.5 Å². The number of fused-ring (bicyclic) bond motifs is 2. The van der Waals surface area contributed by atoms with Crippen LogP contribution in [0.1, 0.15) is 72.6 Å². The summed E-state index contributed by atoms with van der Waals surface area (Å²) >= 11 is 0. The summed E-state index contributed by atoms with van der Waals surface area (Å²) in [5.74, 6) is -0.192. The lowest BCUT2D eigenvalue weighted by atomic mass is 9.87. The molecule has 0 aromatic heterocycles. The molecule has 1 amide bonds. The van der Waals surface area contributed by atoms with Gasteiger partial charge in [-0.3, -0.25) is 14.4 Å². The van der Waals surface area contributed by atoms with Gasteiger partial charge in [-0.25, -0.2) is 0 Å². The molecule has 1 aliphatic heterocycles. The van der Waals surface area contributed by atoms with Crippen molar-refractivity contribution in [2.75, 3.05) is 7.11 Å². The van der Waals surface area contributed by atoms with Crippen LogP contribution in [-0.4, -0.2) is 24.6 Å². The minimum absolute atomic E-state index is 0.0171. The Morgan fingerprint density at radius 1 is 1.06 bits per heavy atom. The molecule has 1 heterocycles. The van der Waals surface area contributed by atoms with Crippen LogP contribution < -0.4 is 5.32 Å². The Hall–Kier alpha value is -2.69. The Bertz CT molecular complexity index is 885. The maximum atomic E-state index is 13.1. The number of Topliss-reactive ketones (excluding diaryl/α,β-unsaturated/α-hetero) is 1. The van der Waals surface area contributed by atoms with E-state index in [1.165, 1.54) is 18.8 Å². The number of carbonyl (C=O) groups is 3. The molecule has 2 atom stereocenters. The zero-order valence-corrected chi connectivity index (χ0v) is 20.1. The van der Waals surface area contributed by atoms with Crippen LogP contribution in [0, 0.1) is 11.8 Å². The highest BCUT2D eigenvalue weighted by Crippen LogP contribution is 2.28. The second-order valence-electron chi connectivity index (χ2n) is 9.17. The highest BCUT2D eigenvalue weighted by molar-refractivity contribution is 6.23. The number of nitrogens with one attached hydrogen (secondary N) is 1. The second-order valence-corrected chi connectivity index (χ2v) is 9.17. The van der Waals surface area contributed by atoms with Gasteiger partial charge >= 0.3 is 0 Å². The minimum Gasteiger partial charge on any atom is -0.492 e. The molecule has 2 unspecified atom stereocenters. The van der Waals surface area contributed by atoms with Gasteiger partial charge in [0.05, 0.1) is 12.8 Å². The molecule has 174 valence electrons. The summed E-state index contributed by atoms with van der Waals surface area (Å²) in [6.45, 7) is 8.24.